The molecule has 0 spiro atoms. The molecule has 1 unspecified atom stereocenters. The van der Waals surface area contributed by atoms with Crippen molar-refractivity contribution in [3.8, 4) is 17.2 Å². The number of aromatic nitrogens is 1. The van der Waals surface area contributed by atoms with Crippen LogP contribution >= 0.6 is 0 Å². The molecule has 1 fully saturated rings. The summed E-state index contributed by atoms with van der Waals surface area (Å²) in [5.74, 6) is -0.283. The summed E-state index contributed by atoms with van der Waals surface area (Å²) in [6.07, 6.45) is 5.37. The topological polar surface area (TPSA) is 86.1 Å². The van der Waals surface area contributed by atoms with Crippen LogP contribution in [0, 0.1) is 11.3 Å². The molecule has 1 aromatic heterocycles. The van der Waals surface area contributed by atoms with Gasteiger partial charge in [0.1, 0.15) is 6.04 Å². The summed E-state index contributed by atoms with van der Waals surface area (Å²) < 4.78 is 0. The molecular weight excluding hydrogens is 352 g/mol. The number of nitriles is 1. The number of hydrogen-bond donors (Lipinski definition) is 1. The van der Waals surface area contributed by atoms with E-state index in [-0.39, 0.29) is 18.4 Å². The summed E-state index contributed by atoms with van der Waals surface area (Å²) in [7, 11) is 0. The first-order chi connectivity index (χ1) is 13.6. The van der Waals surface area contributed by atoms with Gasteiger partial charge in [-0.1, -0.05) is 18.2 Å². The number of nitrogens with one attached hydrogen (secondary N) is 1. The van der Waals surface area contributed by atoms with E-state index < -0.39 is 12.1 Å². The van der Waals surface area contributed by atoms with E-state index in [9.17, 15) is 14.9 Å². The minimum Gasteiger partial charge on any atom is -0.335 e. The highest BCUT2D eigenvalue weighted by molar-refractivity contribution is 5.98. The van der Waals surface area contributed by atoms with E-state index in [1.165, 1.54) is 4.90 Å². The third-order valence-electron chi connectivity index (χ3n) is 5.14. The minimum absolute atomic E-state index is 0.0848. The molecule has 0 radical (unpaired) electrons. The zero-order chi connectivity index (χ0) is 19.7. The van der Waals surface area contributed by atoms with Crippen molar-refractivity contribution >= 4 is 11.9 Å². The summed E-state index contributed by atoms with van der Waals surface area (Å²) in [4.78, 5) is 30.8. The smallest absolute Gasteiger partial charge is 0.325 e. The molecule has 2 heterocycles. The van der Waals surface area contributed by atoms with Crippen molar-refractivity contribution in [1.82, 2.24) is 15.2 Å². The van der Waals surface area contributed by atoms with Gasteiger partial charge in [-0.15, -0.1) is 0 Å². The van der Waals surface area contributed by atoms with Gasteiger partial charge in [0.25, 0.3) is 0 Å². The molecule has 3 amide bonds. The van der Waals surface area contributed by atoms with Crippen LogP contribution in [0.25, 0.3) is 11.1 Å². The van der Waals surface area contributed by atoms with Gasteiger partial charge in [-0.2, -0.15) is 5.26 Å². The summed E-state index contributed by atoms with van der Waals surface area (Å²) in [5, 5.41) is 12.7. The van der Waals surface area contributed by atoms with E-state index >= 15 is 0 Å². The van der Waals surface area contributed by atoms with Gasteiger partial charge in [0.15, 0.2) is 0 Å². The van der Waals surface area contributed by atoms with E-state index in [4.69, 9.17) is 0 Å². The Labute approximate surface area is 163 Å². The highest BCUT2D eigenvalue weighted by atomic mass is 16.2. The Bertz CT molecular complexity index is 1000. The Balaban J connectivity index is 1.78. The second-order valence-corrected chi connectivity index (χ2v) is 7.23. The molecule has 1 aromatic carbocycles. The fourth-order valence-corrected chi connectivity index (χ4v) is 3.52. The zero-order valence-corrected chi connectivity index (χ0v) is 15.6. The van der Waals surface area contributed by atoms with E-state index in [0.717, 1.165) is 29.5 Å². The van der Waals surface area contributed by atoms with Crippen molar-refractivity contribution < 1.29 is 9.59 Å². The third kappa shape index (κ3) is 3.39. The Morgan fingerprint density at radius 3 is 2.64 bits per heavy atom. The number of carbonyl (C=O) groups is 2. The van der Waals surface area contributed by atoms with Crippen LogP contribution in [0.5, 0.6) is 0 Å². The van der Waals surface area contributed by atoms with E-state index in [1.807, 2.05) is 36.4 Å². The Morgan fingerprint density at radius 2 is 1.96 bits per heavy atom. The standard InChI is InChI=1S/C22H20N4O2/c1-14-11-20(27)26(22(28)25-18-5-6-18)21(19(14)13-23)17-4-2-3-16(12-17)15-7-9-24-10-8-15/h2-4,7-10,12,18,21H,5-6,11H2,1H3,(H,25,28). The molecule has 28 heavy (non-hydrogen) atoms. The molecule has 1 atom stereocenters. The first-order valence-electron chi connectivity index (χ1n) is 9.31. The fourth-order valence-electron chi connectivity index (χ4n) is 3.52. The zero-order valence-electron chi connectivity index (χ0n) is 15.6. The van der Waals surface area contributed by atoms with Crippen LogP contribution in [0.2, 0.25) is 0 Å². The second-order valence-electron chi connectivity index (χ2n) is 7.23. The van der Waals surface area contributed by atoms with Gasteiger partial charge in [0.05, 0.1) is 11.6 Å². The average molecular weight is 372 g/mol. The van der Waals surface area contributed by atoms with Gasteiger partial charge in [-0.3, -0.25) is 14.7 Å². The molecule has 1 N–H and O–H groups in total. The first-order valence-corrected chi connectivity index (χ1v) is 9.31. The van der Waals surface area contributed by atoms with Crippen molar-refractivity contribution in [2.45, 2.75) is 38.3 Å². The Morgan fingerprint density at radius 1 is 1.21 bits per heavy atom. The van der Waals surface area contributed by atoms with Crippen LogP contribution in [0.15, 0.2) is 59.9 Å². The van der Waals surface area contributed by atoms with Crippen molar-refractivity contribution in [3.05, 3.63) is 65.5 Å². The molecule has 6 heteroatoms. The predicted molar refractivity (Wildman–Crippen MR) is 104 cm³/mol. The number of amides is 3. The van der Waals surface area contributed by atoms with Gasteiger partial charge < -0.3 is 5.32 Å². The van der Waals surface area contributed by atoms with Crippen molar-refractivity contribution in [3.63, 3.8) is 0 Å². The lowest BCUT2D eigenvalue weighted by atomic mass is 9.88. The number of carbonyl (C=O) groups excluding carboxylic acids is 2. The Kier molecular flexibility index (Phi) is 4.66. The maximum atomic E-state index is 12.8. The van der Waals surface area contributed by atoms with Crippen LogP contribution in [-0.2, 0) is 4.79 Å². The van der Waals surface area contributed by atoms with Crippen molar-refractivity contribution in [2.75, 3.05) is 0 Å². The molecule has 1 aliphatic carbocycles. The monoisotopic (exact) mass is 372 g/mol. The van der Waals surface area contributed by atoms with Crippen molar-refractivity contribution in [1.29, 1.82) is 5.26 Å². The molecule has 0 bridgehead atoms. The van der Waals surface area contributed by atoms with E-state index in [0.29, 0.717) is 11.1 Å². The summed E-state index contributed by atoms with van der Waals surface area (Å²) in [5.41, 5.74) is 3.83. The number of nitrogens with zero attached hydrogens (tertiary/aromatic N) is 3. The second kappa shape index (κ2) is 7.28. The molecule has 2 aromatic rings. The maximum Gasteiger partial charge on any atom is 0.325 e. The molecule has 2 aliphatic rings. The summed E-state index contributed by atoms with van der Waals surface area (Å²) >= 11 is 0. The minimum atomic E-state index is -0.716. The average Bonchev–Trinajstić information content (AvgIpc) is 3.52. The van der Waals surface area contributed by atoms with Gasteiger partial charge in [-0.25, -0.2) is 4.79 Å². The number of benzene rings is 1. The lowest BCUT2D eigenvalue weighted by molar-refractivity contribution is -0.129. The molecule has 1 aliphatic heterocycles. The van der Waals surface area contributed by atoms with Crippen LogP contribution < -0.4 is 5.32 Å². The van der Waals surface area contributed by atoms with Crippen molar-refractivity contribution in [2.24, 2.45) is 0 Å². The van der Waals surface area contributed by atoms with Gasteiger partial charge in [-0.05, 0) is 60.2 Å². The number of imide groups is 1. The summed E-state index contributed by atoms with van der Waals surface area (Å²) in [6, 6.07) is 12.6. The lowest BCUT2D eigenvalue weighted by Crippen LogP contribution is -2.49. The third-order valence-corrected chi connectivity index (χ3v) is 5.14. The van der Waals surface area contributed by atoms with Gasteiger partial charge in [0.2, 0.25) is 5.91 Å². The highest BCUT2D eigenvalue weighted by Crippen LogP contribution is 2.37. The molecule has 6 nitrogen and oxygen atoms in total. The predicted octanol–water partition coefficient (Wildman–Crippen LogP) is 3.73. The molecule has 140 valence electrons. The number of urea groups is 1. The summed E-state index contributed by atoms with van der Waals surface area (Å²) in [6.45, 7) is 1.78. The largest absolute Gasteiger partial charge is 0.335 e. The van der Waals surface area contributed by atoms with E-state index in [1.54, 1.807) is 19.3 Å². The maximum absolute atomic E-state index is 12.8. The molecule has 1 saturated carbocycles. The molecule has 4 rings (SSSR count). The van der Waals surface area contributed by atoms with Crippen LogP contribution in [0.4, 0.5) is 4.79 Å². The number of rotatable bonds is 3. The SMILES string of the molecule is CC1=C(C#N)C(c2cccc(-c3ccncc3)c2)N(C(=O)NC2CC2)C(=O)C1. The van der Waals surface area contributed by atoms with Crippen LogP contribution in [0.1, 0.15) is 37.8 Å². The lowest BCUT2D eigenvalue weighted by Gasteiger charge is -2.35. The fraction of sp³-hybridized carbons (Fsp3) is 0.273. The van der Waals surface area contributed by atoms with Gasteiger partial charge >= 0.3 is 6.03 Å². The highest BCUT2D eigenvalue weighted by Gasteiger charge is 2.40. The normalized spacial score (nSPS) is 19.4. The molecule has 0 saturated heterocycles. The van der Waals surface area contributed by atoms with Gasteiger partial charge in [0, 0.05) is 24.9 Å². The first kappa shape index (κ1) is 17.9. The van der Waals surface area contributed by atoms with Crippen LogP contribution in [-0.4, -0.2) is 27.9 Å². The van der Waals surface area contributed by atoms with E-state index in [2.05, 4.69) is 16.4 Å². The Hall–Kier alpha value is -3.46. The number of pyridine rings is 1. The number of hydrogen-bond acceptors (Lipinski definition) is 4. The van der Waals surface area contributed by atoms with Crippen LogP contribution in [0.3, 0.4) is 0 Å². The quantitative estimate of drug-likeness (QED) is 0.889. The molecular formula is C22H20N4O2.